The minimum absolute atomic E-state index is 0. The molecule has 0 amide bonds. The molecule has 2 aromatic rings. The summed E-state index contributed by atoms with van der Waals surface area (Å²) in [4.78, 5) is 5.18. The number of halogens is 2. The van der Waals surface area contributed by atoms with E-state index in [9.17, 15) is 0 Å². The third-order valence-electron chi connectivity index (χ3n) is 5.62. The number of fused-ring (bicyclic) bond motifs is 4. The Hall–Kier alpha value is -0.820. The predicted molar refractivity (Wildman–Crippen MR) is 138 cm³/mol. The molecule has 0 atom stereocenters. The number of benzene rings is 1. The lowest BCUT2D eigenvalue weighted by Crippen LogP contribution is -2.32. The summed E-state index contributed by atoms with van der Waals surface area (Å²) < 4.78 is 9.86. The molecule has 5 rings (SSSR count). The van der Waals surface area contributed by atoms with Crippen LogP contribution in [0.15, 0.2) is 57.5 Å². The molecule has 1 aromatic heterocycles. The van der Waals surface area contributed by atoms with E-state index in [4.69, 9.17) is 4.74 Å². The van der Waals surface area contributed by atoms with E-state index in [0.29, 0.717) is 6.61 Å². The topological polar surface area (TPSA) is 12.5 Å². The SMILES string of the molecule is Brc1ccc2c3c(sc2c1)=CC=CC1=CC=C(COCCN2CCCCC2)SC=31.Cl. The Morgan fingerprint density at radius 3 is 2.80 bits per heavy atom. The second-order valence-electron chi connectivity index (χ2n) is 7.65. The zero-order valence-electron chi connectivity index (χ0n) is 16.7. The summed E-state index contributed by atoms with van der Waals surface area (Å²) in [5.41, 5.74) is 1.30. The summed E-state index contributed by atoms with van der Waals surface area (Å²) in [6.07, 6.45) is 15.2. The number of hydrogen-bond acceptors (Lipinski definition) is 4. The van der Waals surface area contributed by atoms with Crippen LogP contribution in [-0.2, 0) is 4.74 Å². The number of rotatable bonds is 5. The van der Waals surface area contributed by atoms with Crippen LogP contribution in [0.5, 0.6) is 0 Å². The fourth-order valence-corrected chi connectivity index (χ4v) is 6.97. The maximum absolute atomic E-state index is 6.06. The zero-order chi connectivity index (χ0) is 19.6. The molecule has 0 bridgehead atoms. The molecule has 1 aromatic carbocycles. The quantitative estimate of drug-likeness (QED) is 0.474. The van der Waals surface area contributed by atoms with E-state index in [1.807, 2.05) is 23.1 Å². The van der Waals surface area contributed by atoms with E-state index in [2.05, 4.69) is 69.4 Å². The van der Waals surface area contributed by atoms with Crippen molar-refractivity contribution in [2.45, 2.75) is 19.3 Å². The maximum Gasteiger partial charge on any atom is 0.0779 e. The Balaban J connectivity index is 0.00000218. The smallest absolute Gasteiger partial charge is 0.0779 e. The van der Waals surface area contributed by atoms with Crippen LogP contribution in [0.25, 0.3) is 21.1 Å². The monoisotopic (exact) mass is 521 g/mol. The summed E-state index contributed by atoms with van der Waals surface area (Å²) in [5.74, 6) is 0. The molecule has 30 heavy (non-hydrogen) atoms. The molecule has 3 aliphatic rings. The first-order chi connectivity index (χ1) is 14.3. The van der Waals surface area contributed by atoms with Gasteiger partial charge in [0.15, 0.2) is 0 Å². The van der Waals surface area contributed by atoms with Gasteiger partial charge in [-0.05, 0) is 55.8 Å². The molecule has 1 fully saturated rings. The minimum atomic E-state index is 0. The van der Waals surface area contributed by atoms with Crippen LogP contribution >= 0.6 is 51.4 Å². The van der Waals surface area contributed by atoms with Crippen molar-refractivity contribution in [2.75, 3.05) is 32.8 Å². The van der Waals surface area contributed by atoms with Crippen LogP contribution in [0.1, 0.15) is 19.3 Å². The summed E-state index contributed by atoms with van der Waals surface area (Å²) in [7, 11) is 0. The molecule has 3 heterocycles. The third kappa shape index (κ3) is 4.82. The number of thioether (sulfide) groups is 1. The van der Waals surface area contributed by atoms with Gasteiger partial charge in [-0.25, -0.2) is 0 Å². The lowest BCUT2D eigenvalue weighted by Gasteiger charge is -2.26. The number of piperidine rings is 1. The van der Waals surface area contributed by atoms with Crippen LogP contribution in [-0.4, -0.2) is 37.7 Å². The van der Waals surface area contributed by atoms with Gasteiger partial charge in [-0.15, -0.1) is 23.7 Å². The van der Waals surface area contributed by atoms with Crippen molar-refractivity contribution in [1.82, 2.24) is 4.90 Å². The molecule has 158 valence electrons. The molecule has 2 nitrogen and oxygen atoms in total. The lowest BCUT2D eigenvalue weighted by molar-refractivity contribution is 0.113. The standard InChI is InChI=1S/C24H24BrNOS2.ClH/c25-18-8-10-20-22(15-18)29-21-6-4-5-17-7-9-19(28-24(17)23(20)21)16-27-14-13-26-11-2-1-3-12-26;/h4-10,15H,1-3,11-14,16H2;1H. The predicted octanol–water partition coefficient (Wildman–Crippen LogP) is 5.60. The van der Waals surface area contributed by atoms with E-state index in [1.165, 1.54) is 67.6 Å². The fraction of sp³-hybridized carbons (Fsp3) is 0.333. The van der Waals surface area contributed by atoms with E-state index >= 15 is 0 Å². The Morgan fingerprint density at radius 1 is 1.07 bits per heavy atom. The van der Waals surface area contributed by atoms with Crippen LogP contribution < -0.4 is 9.75 Å². The van der Waals surface area contributed by atoms with Crippen LogP contribution in [0.3, 0.4) is 0 Å². The van der Waals surface area contributed by atoms with E-state index in [1.54, 1.807) is 0 Å². The molecule has 0 spiro atoms. The summed E-state index contributed by atoms with van der Waals surface area (Å²) in [5, 5.41) is 2.71. The molecule has 1 saturated heterocycles. The van der Waals surface area contributed by atoms with Crippen molar-refractivity contribution < 1.29 is 4.74 Å². The van der Waals surface area contributed by atoms with Gasteiger partial charge in [0, 0.05) is 40.7 Å². The molecule has 2 aliphatic heterocycles. The average molecular weight is 523 g/mol. The van der Waals surface area contributed by atoms with Gasteiger partial charge < -0.3 is 9.64 Å². The van der Waals surface area contributed by atoms with Gasteiger partial charge in [0.25, 0.3) is 0 Å². The summed E-state index contributed by atoms with van der Waals surface area (Å²) in [6, 6.07) is 6.61. The Bertz CT molecular complexity index is 1140. The van der Waals surface area contributed by atoms with Crippen LogP contribution in [0, 0.1) is 0 Å². The number of likely N-dealkylation sites (tertiary alicyclic amines) is 1. The molecule has 0 radical (unpaired) electrons. The molecule has 0 saturated carbocycles. The van der Waals surface area contributed by atoms with Gasteiger partial charge in [-0.1, -0.05) is 58.4 Å². The van der Waals surface area contributed by atoms with Crippen molar-refractivity contribution in [3.05, 3.63) is 67.2 Å². The lowest BCUT2D eigenvalue weighted by atomic mass is 10.1. The first-order valence-corrected chi connectivity index (χ1v) is 12.7. The largest absolute Gasteiger partial charge is 0.375 e. The second-order valence-corrected chi connectivity index (χ2v) is 10.8. The van der Waals surface area contributed by atoms with Crippen molar-refractivity contribution in [2.24, 2.45) is 0 Å². The van der Waals surface area contributed by atoms with Gasteiger partial charge in [0.2, 0.25) is 0 Å². The van der Waals surface area contributed by atoms with Crippen LogP contribution in [0.2, 0.25) is 0 Å². The Labute approximate surface area is 200 Å². The minimum Gasteiger partial charge on any atom is -0.375 e. The zero-order valence-corrected chi connectivity index (χ0v) is 20.8. The van der Waals surface area contributed by atoms with Crippen LogP contribution in [0.4, 0.5) is 0 Å². The maximum atomic E-state index is 6.06. The molecule has 0 N–H and O–H groups in total. The molecule has 1 aliphatic carbocycles. The fourth-order valence-electron chi connectivity index (χ4n) is 4.12. The molecular weight excluding hydrogens is 498 g/mol. The number of ether oxygens (including phenoxy) is 1. The Kier molecular flexibility index (Phi) is 7.61. The summed E-state index contributed by atoms with van der Waals surface area (Å²) >= 11 is 7.36. The molecular formula is C24H25BrClNOS2. The average Bonchev–Trinajstić information content (AvgIpc) is 3.00. The van der Waals surface area contributed by atoms with E-state index < -0.39 is 0 Å². The van der Waals surface area contributed by atoms with Crippen molar-refractivity contribution in [3.63, 3.8) is 0 Å². The highest BCUT2D eigenvalue weighted by molar-refractivity contribution is 9.10. The third-order valence-corrected chi connectivity index (χ3v) is 8.39. The Morgan fingerprint density at radius 2 is 1.93 bits per heavy atom. The highest BCUT2D eigenvalue weighted by atomic mass is 79.9. The second kappa shape index (κ2) is 10.2. The normalized spacial score (nSPS) is 18.6. The van der Waals surface area contributed by atoms with Gasteiger partial charge >= 0.3 is 0 Å². The molecule has 6 heteroatoms. The summed E-state index contributed by atoms with van der Waals surface area (Å²) in [6.45, 7) is 5.04. The van der Waals surface area contributed by atoms with Crippen molar-refractivity contribution in [1.29, 1.82) is 0 Å². The van der Waals surface area contributed by atoms with Gasteiger partial charge in [0.1, 0.15) is 0 Å². The van der Waals surface area contributed by atoms with Gasteiger partial charge in [-0.3, -0.25) is 0 Å². The number of allylic oxidation sites excluding steroid dienone is 4. The highest BCUT2D eigenvalue weighted by Crippen LogP contribution is 2.37. The number of thiophene rings is 1. The number of nitrogens with zero attached hydrogens (tertiary/aromatic N) is 1. The highest BCUT2D eigenvalue weighted by Gasteiger charge is 2.17. The molecule has 0 unspecified atom stereocenters. The van der Waals surface area contributed by atoms with Crippen molar-refractivity contribution >= 4 is 72.5 Å². The van der Waals surface area contributed by atoms with Gasteiger partial charge in [-0.2, -0.15) is 0 Å². The first-order valence-electron chi connectivity index (χ1n) is 10.3. The van der Waals surface area contributed by atoms with Crippen molar-refractivity contribution in [3.8, 4) is 0 Å². The van der Waals surface area contributed by atoms with Gasteiger partial charge in [0.05, 0.1) is 13.2 Å². The van der Waals surface area contributed by atoms with E-state index in [-0.39, 0.29) is 12.4 Å². The first kappa shape index (κ1) is 22.4. The number of hydrogen-bond donors (Lipinski definition) is 0. The van der Waals surface area contributed by atoms with E-state index in [0.717, 1.165) is 17.6 Å².